The molecule has 21 heavy (non-hydrogen) atoms. The number of carboxylic acids is 1. The lowest BCUT2D eigenvalue weighted by molar-refractivity contribution is -0.138. The van der Waals surface area contributed by atoms with Crippen molar-refractivity contribution in [2.45, 2.75) is 12.8 Å². The first kappa shape index (κ1) is 15.5. The number of ether oxygens (including phenoxy) is 2. The van der Waals surface area contributed by atoms with E-state index in [1.165, 1.54) is 4.90 Å². The zero-order chi connectivity index (χ0) is 15.2. The average molecular weight is 293 g/mol. The number of amides is 1. The van der Waals surface area contributed by atoms with Gasteiger partial charge in [-0.15, -0.1) is 0 Å². The Hall–Kier alpha value is -1.92. The van der Waals surface area contributed by atoms with E-state index in [0.717, 1.165) is 0 Å². The van der Waals surface area contributed by atoms with Gasteiger partial charge in [0.1, 0.15) is 12.5 Å². The molecule has 1 unspecified atom stereocenters. The zero-order valence-corrected chi connectivity index (χ0v) is 11.9. The molecule has 1 amide bonds. The fourth-order valence-corrected chi connectivity index (χ4v) is 2.35. The average Bonchev–Trinajstić information content (AvgIpc) is 2.87. The van der Waals surface area contributed by atoms with E-state index >= 15 is 0 Å². The maximum absolute atomic E-state index is 12.2. The Balaban J connectivity index is 1.98. The molecule has 114 valence electrons. The van der Waals surface area contributed by atoms with Gasteiger partial charge in [-0.25, -0.2) is 0 Å². The van der Waals surface area contributed by atoms with Gasteiger partial charge in [-0.1, -0.05) is 18.2 Å². The van der Waals surface area contributed by atoms with E-state index in [2.05, 4.69) is 0 Å². The minimum absolute atomic E-state index is 0.0756. The summed E-state index contributed by atoms with van der Waals surface area (Å²) in [4.78, 5) is 24.9. The second-order valence-corrected chi connectivity index (χ2v) is 4.70. The van der Waals surface area contributed by atoms with Crippen LogP contribution in [0, 0.1) is 0 Å². The Kier molecular flexibility index (Phi) is 5.30. The maximum Gasteiger partial charge on any atom is 0.312 e. The van der Waals surface area contributed by atoms with Gasteiger partial charge in [-0.2, -0.15) is 0 Å². The molecule has 1 aliphatic rings. The zero-order valence-electron chi connectivity index (χ0n) is 11.9. The van der Waals surface area contributed by atoms with E-state index in [4.69, 9.17) is 9.47 Å². The van der Waals surface area contributed by atoms with Crippen LogP contribution < -0.4 is 4.90 Å². The number of rotatable bonds is 7. The summed E-state index contributed by atoms with van der Waals surface area (Å²) in [5.74, 6) is -1.83. The summed E-state index contributed by atoms with van der Waals surface area (Å²) in [5.41, 5.74) is 1.33. The van der Waals surface area contributed by atoms with Crippen LogP contribution >= 0.6 is 0 Å². The van der Waals surface area contributed by atoms with Gasteiger partial charge in [0.05, 0.1) is 13.2 Å². The number of anilines is 1. The summed E-state index contributed by atoms with van der Waals surface area (Å²) in [7, 11) is 0. The summed E-state index contributed by atoms with van der Waals surface area (Å²) >= 11 is 0. The molecule has 6 nitrogen and oxygen atoms in total. The SMILES string of the molecule is CCOCCOCC(=O)N1CC(C(=O)O)c2ccccc21. The second kappa shape index (κ2) is 7.19. The molecule has 0 saturated heterocycles. The van der Waals surface area contributed by atoms with Crippen molar-refractivity contribution in [1.82, 2.24) is 0 Å². The number of carbonyl (C=O) groups is 2. The molecule has 1 aromatic rings. The van der Waals surface area contributed by atoms with Gasteiger partial charge in [0.15, 0.2) is 0 Å². The van der Waals surface area contributed by atoms with Gasteiger partial charge in [0.2, 0.25) is 0 Å². The molecule has 1 atom stereocenters. The van der Waals surface area contributed by atoms with Gasteiger partial charge in [0, 0.05) is 18.8 Å². The Morgan fingerprint density at radius 1 is 1.29 bits per heavy atom. The summed E-state index contributed by atoms with van der Waals surface area (Å²) < 4.78 is 10.4. The number of carbonyl (C=O) groups excluding carboxylic acids is 1. The minimum Gasteiger partial charge on any atom is -0.481 e. The third kappa shape index (κ3) is 3.59. The highest BCUT2D eigenvalue weighted by atomic mass is 16.5. The number of fused-ring (bicyclic) bond motifs is 1. The number of benzene rings is 1. The lowest BCUT2D eigenvalue weighted by Gasteiger charge is -2.17. The summed E-state index contributed by atoms with van der Waals surface area (Å²) in [6.07, 6.45) is 0. The molecule has 1 heterocycles. The Morgan fingerprint density at radius 2 is 2.00 bits per heavy atom. The van der Waals surface area contributed by atoms with Gasteiger partial charge >= 0.3 is 5.97 Å². The second-order valence-electron chi connectivity index (χ2n) is 4.70. The first-order valence-electron chi connectivity index (χ1n) is 6.92. The fraction of sp³-hybridized carbons (Fsp3) is 0.467. The minimum atomic E-state index is -0.921. The monoisotopic (exact) mass is 293 g/mol. The van der Waals surface area contributed by atoms with Crippen LogP contribution in [-0.4, -0.2) is 50.0 Å². The van der Waals surface area contributed by atoms with Gasteiger partial charge in [-0.05, 0) is 18.6 Å². The predicted octanol–water partition coefficient (Wildman–Crippen LogP) is 1.25. The smallest absolute Gasteiger partial charge is 0.312 e. The summed E-state index contributed by atoms with van der Waals surface area (Å²) in [5, 5.41) is 9.25. The standard InChI is InChI=1S/C15H19NO5/c1-2-20-7-8-21-10-14(17)16-9-12(15(18)19)11-5-3-4-6-13(11)16/h3-6,12H,2,7-10H2,1H3,(H,18,19). The molecule has 2 rings (SSSR count). The topological polar surface area (TPSA) is 76.1 Å². The molecule has 0 fully saturated rings. The quantitative estimate of drug-likeness (QED) is 0.766. The lowest BCUT2D eigenvalue weighted by atomic mass is 10.0. The van der Waals surface area contributed by atoms with Gasteiger partial charge in [0.25, 0.3) is 5.91 Å². The van der Waals surface area contributed by atoms with Crippen molar-refractivity contribution in [2.24, 2.45) is 0 Å². The Bertz CT molecular complexity index is 517. The van der Waals surface area contributed by atoms with Crippen molar-refractivity contribution in [3.05, 3.63) is 29.8 Å². The number of nitrogens with zero attached hydrogens (tertiary/aromatic N) is 1. The molecular formula is C15H19NO5. The van der Waals surface area contributed by atoms with Crippen molar-refractivity contribution >= 4 is 17.6 Å². The van der Waals surface area contributed by atoms with E-state index in [0.29, 0.717) is 31.1 Å². The third-order valence-electron chi connectivity index (χ3n) is 3.37. The Morgan fingerprint density at radius 3 is 2.71 bits per heavy atom. The van der Waals surface area contributed by atoms with Crippen LogP contribution in [0.1, 0.15) is 18.4 Å². The summed E-state index contributed by atoms with van der Waals surface area (Å²) in [6, 6.07) is 7.08. The molecule has 0 aliphatic carbocycles. The predicted molar refractivity (Wildman–Crippen MR) is 76.5 cm³/mol. The van der Waals surface area contributed by atoms with Crippen LogP contribution in [0.3, 0.4) is 0 Å². The highest BCUT2D eigenvalue weighted by Crippen LogP contribution is 2.36. The van der Waals surface area contributed by atoms with Crippen LogP contribution in [-0.2, 0) is 19.1 Å². The fourth-order valence-electron chi connectivity index (χ4n) is 2.35. The highest BCUT2D eigenvalue weighted by molar-refractivity contribution is 5.99. The summed E-state index contributed by atoms with van der Waals surface area (Å²) in [6.45, 7) is 3.36. The van der Waals surface area contributed by atoms with Crippen LogP contribution in [0.25, 0.3) is 0 Å². The first-order valence-corrected chi connectivity index (χ1v) is 6.92. The van der Waals surface area contributed by atoms with Crippen LogP contribution in [0.15, 0.2) is 24.3 Å². The van der Waals surface area contributed by atoms with E-state index in [1.54, 1.807) is 24.3 Å². The number of hydrogen-bond donors (Lipinski definition) is 1. The molecular weight excluding hydrogens is 274 g/mol. The highest BCUT2D eigenvalue weighted by Gasteiger charge is 2.36. The number of para-hydroxylation sites is 1. The van der Waals surface area contributed by atoms with Crippen LogP contribution in [0.2, 0.25) is 0 Å². The van der Waals surface area contributed by atoms with Crippen LogP contribution in [0.5, 0.6) is 0 Å². The van der Waals surface area contributed by atoms with Crippen molar-refractivity contribution in [3.8, 4) is 0 Å². The molecule has 0 spiro atoms. The van der Waals surface area contributed by atoms with Gasteiger partial charge < -0.3 is 19.5 Å². The normalized spacial score (nSPS) is 16.8. The molecule has 1 aliphatic heterocycles. The van der Waals surface area contributed by atoms with Crippen molar-refractivity contribution in [1.29, 1.82) is 0 Å². The first-order chi connectivity index (χ1) is 10.1. The third-order valence-corrected chi connectivity index (χ3v) is 3.37. The molecule has 1 aromatic carbocycles. The van der Waals surface area contributed by atoms with Crippen molar-refractivity contribution in [2.75, 3.05) is 37.9 Å². The molecule has 6 heteroatoms. The van der Waals surface area contributed by atoms with Gasteiger partial charge in [-0.3, -0.25) is 9.59 Å². The van der Waals surface area contributed by atoms with E-state index in [-0.39, 0.29) is 19.1 Å². The molecule has 0 bridgehead atoms. The lowest BCUT2D eigenvalue weighted by Crippen LogP contribution is -2.34. The number of carboxylic acid groups (broad SMARTS) is 1. The largest absolute Gasteiger partial charge is 0.481 e. The molecule has 0 aromatic heterocycles. The number of hydrogen-bond acceptors (Lipinski definition) is 4. The number of aliphatic carboxylic acids is 1. The Labute approximate surface area is 123 Å². The molecule has 0 saturated carbocycles. The molecule has 0 radical (unpaired) electrons. The van der Waals surface area contributed by atoms with E-state index in [1.807, 2.05) is 6.92 Å². The van der Waals surface area contributed by atoms with E-state index in [9.17, 15) is 14.7 Å². The van der Waals surface area contributed by atoms with Crippen molar-refractivity contribution < 1.29 is 24.2 Å². The maximum atomic E-state index is 12.2. The molecule has 1 N–H and O–H groups in total. The van der Waals surface area contributed by atoms with Crippen molar-refractivity contribution in [3.63, 3.8) is 0 Å². The van der Waals surface area contributed by atoms with E-state index < -0.39 is 11.9 Å². The van der Waals surface area contributed by atoms with Crippen LogP contribution in [0.4, 0.5) is 5.69 Å².